The fourth-order valence-corrected chi connectivity index (χ4v) is 1.53. The van der Waals surface area contributed by atoms with Crippen molar-refractivity contribution in [2.75, 3.05) is 19.8 Å². The highest BCUT2D eigenvalue weighted by molar-refractivity contribution is 7.89. The van der Waals surface area contributed by atoms with Crippen LogP contribution >= 0.6 is 0 Å². The summed E-state index contributed by atoms with van der Waals surface area (Å²) in [5, 5.41) is 4.93. The molecule has 0 aliphatic heterocycles. The summed E-state index contributed by atoms with van der Waals surface area (Å²) in [6.45, 7) is 3.57. The highest BCUT2D eigenvalue weighted by Gasteiger charge is 2.07. The normalized spacial score (nSPS) is 11.4. The van der Waals surface area contributed by atoms with E-state index in [2.05, 4.69) is 4.98 Å². The van der Waals surface area contributed by atoms with Crippen molar-refractivity contribution >= 4 is 10.0 Å². The molecule has 1 heterocycles. The van der Waals surface area contributed by atoms with E-state index in [0.29, 0.717) is 25.7 Å². The first-order valence-electron chi connectivity index (χ1n) is 5.23. The molecular formula is C10H16N2O4S. The monoisotopic (exact) mass is 260 g/mol. The van der Waals surface area contributed by atoms with Crippen molar-refractivity contribution in [2.45, 2.75) is 18.2 Å². The molecular weight excluding hydrogens is 244 g/mol. The second-order valence-corrected chi connectivity index (χ2v) is 4.90. The zero-order chi connectivity index (χ0) is 12.7. The lowest BCUT2D eigenvalue weighted by atomic mass is 10.5. The van der Waals surface area contributed by atoms with Gasteiger partial charge in [-0.15, -0.1) is 0 Å². The topological polar surface area (TPSA) is 91.5 Å². The molecule has 0 fully saturated rings. The van der Waals surface area contributed by atoms with Gasteiger partial charge in [0.25, 0.3) is 0 Å². The number of primary sulfonamides is 1. The van der Waals surface area contributed by atoms with Crippen LogP contribution in [-0.2, 0) is 14.8 Å². The Morgan fingerprint density at radius 3 is 2.59 bits per heavy atom. The van der Waals surface area contributed by atoms with Gasteiger partial charge in [0.15, 0.2) is 0 Å². The Bertz CT molecular complexity index is 430. The molecule has 6 nitrogen and oxygen atoms in total. The molecule has 17 heavy (non-hydrogen) atoms. The first-order valence-corrected chi connectivity index (χ1v) is 6.78. The van der Waals surface area contributed by atoms with Gasteiger partial charge in [-0.1, -0.05) is 6.92 Å². The lowest BCUT2D eigenvalue weighted by Crippen LogP contribution is -2.13. The van der Waals surface area contributed by atoms with Gasteiger partial charge in [0.1, 0.15) is 11.5 Å². The maximum atomic E-state index is 11.0. The van der Waals surface area contributed by atoms with Gasteiger partial charge >= 0.3 is 0 Å². The van der Waals surface area contributed by atoms with Crippen molar-refractivity contribution in [1.82, 2.24) is 4.98 Å². The molecule has 1 rings (SSSR count). The van der Waals surface area contributed by atoms with E-state index in [1.165, 1.54) is 12.1 Å². The quantitative estimate of drug-likeness (QED) is 0.722. The van der Waals surface area contributed by atoms with Gasteiger partial charge in [0.2, 0.25) is 15.9 Å². The summed E-state index contributed by atoms with van der Waals surface area (Å²) in [6, 6.07) is 2.81. The highest BCUT2D eigenvalue weighted by Crippen LogP contribution is 2.10. The van der Waals surface area contributed by atoms with Crippen LogP contribution in [0.4, 0.5) is 0 Å². The molecule has 96 valence electrons. The molecule has 0 atom stereocenters. The van der Waals surface area contributed by atoms with Crippen LogP contribution in [0.25, 0.3) is 0 Å². The predicted octanol–water partition coefficient (Wildman–Crippen LogP) is 0.534. The van der Waals surface area contributed by atoms with E-state index in [0.717, 1.165) is 12.6 Å². The highest BCUT2D eigenvalue weighted by atomic mass is 32.2. The van der Waals surface area contributed by atoms with Crippen molar-refractivity contribution in [1.29, 1.82) is 0 Å². The van der Waals surface area contributed by atoms with Crippen molar-refractivity contribution < 1.29 is 17.9 Å². The average molecular weight is 260 g/mol. The van der Waals surface area contributed by atoms with E-state index < -0.39 is 10.0 Å². The smallest absolute Gasteiger partial charge is 0.239 e. The van der Waals surface area contributed by atoms with E-state index in [4.69, 9.17) is 14.6 Å². The molecule has 0 aliphatic rings. The third-order valence-corrected chi connectivity index (χ3v) is 2.76. The van der Waals surface area contributed by atoms with E-state index in [-0.39, 0.29) is 4.90 Å². The largest absolute Gasteiger partial charge is 0.475 e. The van der Waals surface area contributed by atoms with Crippen LogP contribution in [0.2, 0.25) is 0 Å². The van der Waals surface area contributed by atoms with Crippen molar-refractivity contribution in [2.24, 2.45) is 5.14 Å². The van der Waals surface area contributed by atoms with E-state index in [1.807, 2.05) is 6.92 Å². The number of ether oxygens (including phenoxy) is 2. The Morgan fingerprint density at radius 2 is 2.06 bits per heavy atom. The summed E-state index contributed by atoms with van der Waals surface area (Å²) in [5.41, 5.74) is 0. The minimum Gasteiger partial charge on any atom is -0.475 e. The first kappa shape index (κ1) is 13.9. The van der Waals surface area contributed by atoms with Gasteiger partial charge in [0.05, 0.1) is 12.8 Å². The zero-order valence-corrected chi connectivity index (χ0v) is 10.4. The Morgan fingerprint density at radius 1 is 1.29 bits per heavy atom. The SMILES string of the molecule is CCCOCCOc1ccc(S(N)(=O)=O)cn1. The molecule has 7 heteroatoms. The molecule has 0 bridgehead atoms. The average Bonchev–Trinajstić information content (AvgIpc) is 2.28. The second-order valence-electron chi connectivity index (χ2n) is 3.34. The van der Waals surface area contributed by atoms with Crippen LogP contribution in [-0.4, -0.2) is 33.2 Å². The Labute approximate surface area is 101 Å². The molecule has 0 unspecified atom stereocenters. The van der Waals surface area contributed by atoms with E-state index >= 15 is 0 Å². The number of sulfonamides is 1. The number of pyridine rings is 1. The van der Waals surface area contributed by atoms with Crippen LogP contribution in [0.3, 0.4) is 0 Å². The van der Waals surface area contributed by atoms with Crippen LogP contribution in [0.15, 0.2) is 23.2 Å². The molecule has 0 aromatic carbocycles. The number of hydrogen-bond donors (Lipinski definition) is 1. The number of rotatable bonds is 7. The van der Waals surface area contributed by atoms with Gasteiger partial charge in [0, 0.05) is 12.7 Å². The third kappa shape index (κ3) is 5.12. The minimum absolute atomic E-state index is 0.0351. The molecule has 2 N–H and O–H groups in total. The van der Waals surface area contributed by atoms with Gasteiger partial charge in [-0.05, 0) is 12.5 Å². The lowest BCUT2D eigenvalue weighted by molar-refractivity contribution is 0.0990. The Hall–Kier alpha value is -1.18. The third-order valence-electron chi connectivity index (χ3n) is 1.86. The summed E-state index contributed by atoms with van der Waals surface area (Å²) in [6.07, 6.45) is 2.12. The van der Waals surface area contributed by atoms with E-state index in [1.54, 1.807) is 0 Å². The molecule has 0 saturated heterocycles. The predicted molar refractivity (Wildman–Crippen MR) is 62.2 cm³/mol. The van der Waals surface area contributed by atoms with Crippen molar-refractivity contribution in [3.05, 3.63) is 18.3 Å². The van der Waals surface area contributed by atoms with Crippen LogP contribution in [0.5, 0.6) is 5.88 Å². The summed E-state index contributed by atoms with van der Waals surface area (Å²) in [7, 11) is -3.69. The number of nitrogens with zero attached hydrogens (tertiary/aromatic N) is 1. The zero-order valence-electron chi connectivity index (χ0n) is 9.63. The Balaban J connectivity index is 2.41. The standard InChI is InChI=1S/C10H16N2O4S/c1-2-5-15-6-7-16-10-4-3-9(8-12-10)17(11,13)14/h3-4,8H,2,5-7H2,1H3,(H2,11,13,14). The fourth-order valence-electron chi connectivity index (χ4n) is 1.07. The molecule has 1 aromatic rings. The number of hydrogen-bond acceptors (Lipinski definition) is 5. The molecule has 0 radical (unpaired) electrons. The van der Waals surface area contributed by atoms with Crippen LogP contribution in [0, 0.1) is 0 Å². The summed E-state index contributed by atoms with van der Waals surface area (Å²) in [4.78, 5) is 3.79. The van der Waals surface area contributed by atoms with Crippen molar-refractivity contribution in [3.63, 3.8) is 0 Å². The van der Waals surface area contributed by atoms with Gasteiger partial charge < -0.3 is 9.47 Å². The second kappa shape index (κ2) is 6.53. The lowest BCUT2D eigenvalue weighted by Gasteiger charge is -2.05. The summed E-state index contributed by atoms with van der Waals surface area (Å²) >= 11 is 0. The molecule has 0 amide bonds. The molecule has 0 aliphatic carbocycles. The van der Waals surface area contributed by atoms with Gasteiger partial charge in [-0.3, -0.25) is 0 Å². The van der Waals surface area contributed by atoms with Gasteiger partial charge in [-0.25, -0.2) is 18.5 Å². The molecule has 0 spiro atoms. The number of aromatic nitrogens is 1. The maximum absolute atomic E-state index is 11.0. The minimum atomic E-state index is -3.69. The molecule has 1 aromatic heterocycles. The first-order chi connectivity index (χ1) is 8.04. The number of nitrogens with two attached hydrogens (primary N) is 1. The molecule has 0 saturated carbocycles. The van der Waals surface area contributed by atoms with Gasteiger partial charge in [-0.2, -0.15) is 0 Å². The Kier molecular flexibility index (Phi) is 5.33. The van der Waals surface area contributed by atoms with Crippen LogP contribution in [0.1, 0.15) is 13.3 Å². The summed E-state index contributed by atoms with van der Waals surface area (Å²) in [5.74, 6) is 0.345. The fraction of sp³-hybridized carbons (Fsp3) is 0.500. The van der Waals surface area contributed by atoms with Crippen molar-refractivity contribution in [3.8, 4) is 5.88 Å². The summed E-state index contributed by atoms with van der Waals surface area (Å²) < 4.78 is 32.4. The maximum Gasteiger partial charge on any atom is 0.239 e. The van der Waals surface area contributed by atoms with Crippen LogP contribution < -0.4 is 9.88 Å². The van der Waals surface area contributed by atoms with E-state index in [9.17, 15) is 8.42 Å².